The van der Waals surface area contributed by atoms with Crippen LogP contribution in [-0.4, -0.2) is 35.6 Å². The van der Waals surface area contributed by atoms with Crippen LogP contribution in [0.3, 0.4) is 0 Å². The molecule has 0 saturated heterocycles. The Hall–Kier alpha value is -0.770. The van der Waals surface area contributed by atoms with Gasteiger partial charge in [-0.3, -0.25) is 0 Å². The first kappa shape index (κ1) is 12.3. The predicted molar refractivity (Wildman–Crippen MR) is 61.7 cm³/mol. The number of nitrogens with two attached hydrogens (primary N) is 1. The Bertz CT molecular complexity index is 224. The van der Waals surface area contributed by atoms with Crippen molar-refractivity contribution in [2.75, 3.05) is 13.1 Å². The molecule has 0 spiro atoms. The summed E-state index contributed by atoms with van der Waals surface area (Å²) in [5, 5.41) is 3.04. The number of carbonyl (C=O) groups is 1. The molecule has 15 heavy (non-hydrogen) atoms. The van der Waals surface area contributed by atoms with Gasteiger partial charge >= 0.3 is 6.03 Å². The lowest BCUT2D eigenvalue weighted by atomic mass is 9.93. The van der Waals surface area contributed by atoms with Crippen LogP contribution in [0.2, 0.25) is 0 Å². The fourth-order valence-electron chi connectivity index (χ4n) is 1.76. The molecular weight excluding hydrogens is 190 g/mol. The van der Waals surface area contributed by atoms with Gasteiger partial charge in [0.1, 0.15) is 0 Å². The maximum Gasteiger partial charge on any atom is 0.318 e. The number of amides is 2. The largest absolute Gasteiger partial charge is 0.335 e. The van der Waals surface area contributed by atoms with Gasteiger partial charge in [0.25, 0.3) is 0 Å². The first-order valence-electron chi connectivity index (χ1n) is 5.79. The molecule has 2 amide bonds. The van der Waals surface area contributed by atoms with Crippen LogP contribution in [-0.2, 0) is 0 Å². The molecule has 1 rings (SSSR count). The predicted octanol–water partition coefficient (Wildman–Crippen LogP) is 1.31. The van der Waals surface area contributed by atoms with Gasteiger partial charge in [0.15, 0.2) is 0 Å². The molecule has 0 atom stereocenters. The third-order valence-electron chi connectivity index (χ3n) is 3.22. The molecule has 0 aromatic rings. The smallest absolute Gasteiger partial charge is 0.318 e. The molecule has 0 aliphatic heterocycles. The zero-order valence-corrected chi connectivity index (χ0v) is 10.0. The minimum absolute atomic E-state index is 0.0256. The van der Waals surface area contributed by atoms with Crippen molar-refractivity contribution in [2.45, 2.75) is 51.6 Å². The van der Waals surface area contributed by atoms with Crippen LogP contribution in [0, 0.1) is 0 Å². The van der Waals surface area contributed by atoms with Gasteiger partial charge in [0, 0.05) is 19.1 Å². The second-order valence-corrected chi connectivity index (χ2v) is 4.84. The monoisotopic (exact) mass is 213 g/mol. The molecule has 1 fully saturated rings. The SMILES string of the molecule is CCN(C(=O)NC1CCC1)C(C)(C)CN. The van der Waals surface area contributed by atoms with Crippen LogP contribution in [0.4, 0.5) is 4.79 Å². The lowest BCUT2D eigenvalue weighted by molar-refractivity contribution is 0.136. The molecule has 0 unspecified atom stereocenters. The molecule has 4 heteroatoms. The lowest BCUT2D eigenvalue weighted by Gasteiger charge is -2.39. The molecule has 4 nitrogen and oxygen atoms in total. The molecule has 1 saturated carbocycles. The average molecular weight is 213 g/mol. The molecule has 0 aromatic carbocycles. The summed E-state index contributed by atoms with van der Waals surface area (Å²) in [7, 11) is 0. The van der Waals surface area contributed by atoms with Gasteiger partial charge in [-0.15, -0.1) is 0 Å². The quantitative estimate of drug-likeness (QED) is 0.739. The Labute approximate surface area is 92.2 Å². The topological polar surface area (TPSA) is 58.4 Å². The normalized spacial score (nSPS) is 17.1. The highest BCUT2D eigenvalue weighted by Crippen LogP contribution is 2.19. The fraction of sp³-hybridized carbons (Fsp3) is 0.909. The number of rotatable bonds is 4. The van der Waals surface area contributed by atoms with E-state index in [2.05, 4.69) is 5.32 Å². The van der Waals surface area contributed by atoms with Crippen molar-refractivity contribution in [3.05, 3.63) is 0 Å². The van der Waals surface area contributed by atoms with Gasteiger partial charge < -0.3 is 16.0 Å². The second-order valence-electron chi connectivity index (χ2n) is 4.84. The van der Waals surface area contributed by atoms with Crippen molar-refractivity contribution in [1.82, 2.24) is 10.2 Å². The maximum absolute atomic E-state index is 11.9. The van der Waals surface area contributed by atoms with Crippen LogP contribution in [0.1, 0.15) is 40.0 Å². The summed E-state index contributed by atoms with van der Waals surface area (Å²) in [5.74, 6) is 0. The maximum atomic E-state index is 11.9. The first-order chi connectivity index (χ1) is 7.01. The molecule has 1 aliphatic carbocycles. The minimum Gasteiger partial charge on any atom is -0.335 e. The van der Waals surface area contributed by atoms with Crippen molar-refractivity contribution in [3.63, 3.8) is 0 Å². The number of nitrogens with one attached hydrogen (secondary N) is 1. The van der Waals surface area contributed by atoms with E-state index in [4.69, 9.17) is 5.73 Å². The third kappa shape index (κ3) is 2.84. The summed E-state index contributed by atoms with van der Waals surface area (Å²) in [6.07, 6.45) is 3.47. The van der Waals surface area contributed by atoms with Crippen molar-refractivity contribution in [1.29, 1.82) is 0 Å². The van der Waals surface area contributed by atoms with Gasteiger partial charge in [-0.25, -0.2) is 4.79 Å². The van der Waals surface area contributed by atoms with E-state index in [9.17, 15) is 4.79 Å². The summed E-state index contributed by atoms with van der Waals surface area (Å²) in [5.41, 5.74) is 5.41. The zero-order valence-electron chi connectivity index (χ0n) is 10.0. The molecule has 0 aromatic heterocycles. The van der Waals surface area contributed by atoms with Crippen LogP contribution >= 0.6 is 0 Å². The van der Waals surface area contributed by atoms with Crippen LogP contribution in [0.25, 0.3) is 0 Å². The number of hydrogen-bond acceptors (Lipinski definition) is 2. The standard InChI is InChI=1S/C11H23N3O/c1-4-14(11(2,3)8-12)10(15)13-9-6-5-7-9/h9H,4-8,12H2,1-3H3,(H,13,15). The van der Waals surface area contributed by atoms with Gasteiger partial charge in [-0.05, 0) is 40.0 Å². The highest BCUT2D eigenvalue weighted by atomic mass is 16.2. The summed E-state index contributed by atoms with van der Waals surface area (Å²) in [6.45, 7) is 7.16. The number of carbonyl (C=O) groups excluding carboxylic acids is 1. The Morgan fingerprint density at radius 3 is 2.47 bits per heavy atom. The van der Waals surface area contributed by atoms with Crippen molar-refractivity contribution in [3.8, 4) is 0 Å². The Morgan fingerprint density at radius 1 is 1.53 bits per heavy atom. The number of nitrogens with zero attached hydrogens (tertiary/aromatic N) is 1. The number of urea groups is 1. The summed E-state index contributed by atoms with van der Waals surface area (Å²) in [6, 6.07) is 0.415. The summed E-state index contributed by atoms with van der Waals surface area (Å²) in [4.78, 5) is 13.8. The summed E-state index contributed by atoms with van der Waals surface area (Å²) < 4.78 is 0. The van der Waals surface area contributed by atoms with E-state index >= 15 is 0 Å². The van der Waals surface area contributed by atoms with Gasteiger partial charge in [0.05, 0.1) is 5.54 Å². The molecule has 0 heterocycles. The fourth-order valence-corrected chi connectivity index (χ4v) is 1.76. The molecule has 3 N–H and O–H groups in total. The van der Waals surface area contributed by atoms with E-state index < -0.39 is 0 Å². The second kappa shape index (κ2) is 4.84. The molecule has 88 valence electrons. The van der Waals surface area contributed by atoms with E-state index in [0.29, 0.717) is 19.1 Å². The third-order valence-corrected chi connectivity index (χ3v) is 3.22. The molecule has 0 radical (unpaired) electrons. The van der Waals surface area contributed by atoms with Crippen molar-refractivity contribution >= 4 is 6.03 Å². The Morgan fingerprint density at radius 2 is 2.13 bits per heavy atom. The number of hydrogen-bond donors (Lipinski definition) is 2. The van der Waals surface area contributed by atoms with Crippen LogP contribution in [0.15, 0.2) is 0 Å². The van der Waals surface area contributed by atoms with E-state index in [1.54, 1.807) is 0 Å². The van der Waals surface area contributed by atoms with Crippen LogP contribution < -0.4 is 11.1 Å². The first-order valence-corrected chi connectivity index (χ1v) is 5.79. The van der Waals surface area contributed by atoms with Crippen molar-refractivity contribution < 1.29 is 4.79 Å². The summed E-state index contributed by atoms with van der Waals surface area (Å²) >= 11 is 0. The zero-order chi connectivity index (χ0) is 11.5. The van der Waals surface area contributed by atoms with E-state index in [0.717, 1.165) is 12.8 Å². The van der Waals surface area contributed by atoms with Crippen molar-refractivity contribution in [2.24, 2.45) is 5.73 Å². The Balaban J connectivity index is 2.52. The van der Waals surface area contributed by atoms with Gasteiger partial charge in [-0.2, -0.15) is 0 Å². The average Bonchev–Trinajstić information content (AvgIpc) is 2.12. The minimum atomic E-state index is -0.261. The van der Waals surface area contributed by atoms with Gasteiger partial charge in [-0.1, -0.05) is 0 Å². The highest BCUT2D eigenvalue weighted by Gasteiger charge is 2.30. The number of likely N-dealkylation sites (N-methyl/N-ethyl adjacent to an activating group) is 1. The van der Waals surface area contributed by atoms with Crippen LogP contribution in [0.5, 0.6) is 0 Å². The van der Waals surface area contributed by atoms with Gasteiger partial charge in [0.2, 0.25) is 0 Å². The highest BCUT2D eigenvalue weighted by molar-refractivity contribution is 5.75. The van der Waals surface area contributed by atoms with E-state index in [-0.39, 0.29) is 11.6 Å². The molecule has 1 aliphatic rings. The van der Waals surface area contributed by atoms with E-state index in [1.165, 1.54) is 6.42 Å². The Kier molecular flexibility index (Phi) is 3.97. The van der Waals surface area contributed by atoms with E-state index in [1.807, 2.05) is 25.7 Å². The molecular formula is C11H23N3O. The molecule has 0 bridgehead atoms. The lowest BCUT2D eigenvalue weighted by Crippen LogP contribution is -2.57.